The largest absolute Gasteiger partial charge is 0.435 e. The maximum absolute atomic E-state index is 13.0. The molecular formula is C11H5ClFN3OS. The van der Waals surface area contributed by atoms with Gasteiger partial charge in [0.2, 0.25) is 5.89 Å². The van der Waals surface area contributed by atoms with E-state index in [0.29, 0.717) is 21.8 Å². The van der Waals surface area contributed by atoms with E-state index in [0.717, 1.165) is 0 Å². The third kappa shape index (κ3) is 2.12. The van der Waals surface area contributed by atoms with Crippen molar-refractivity contribution in [3.63, 3.8) is 0 Å². The van der Waals surface area contributed by atoms with Crippen LogP contribution in [0.5, 0.6) is 0 Å². The van der Waals surface area contributed by atoms with Gasteiger partial charge in [-0.05, 0) is 29.7 Å². The summed E-state index contributed by atoms with van der Waals surface area (Å²) in [6, 6.07) is 4.11. The molecule has 0 fully saturated rings. The van der Waals surface area contributed by atoms with E-state index in [1.165, 1.54) is 29.7 Å². The van der Waals surface area contributed by atoms with Crippen LogP contribution in [0, 0.1) is 5.82 Å². The standard InChI is InChI=1S/C11H5ClFN3OS/c12-8(4-7-5-18-16-15-7)11-14-9-2-1-6(13)3-10(9)17-11/h1-5H. The van der Waals surface area contributed by atoms with Crippen molar-refractivity contribution in [2.24, 2.45) is 0 Å². The molecule has 0 radical (unpaired) electrons. The van der Waals surface area contributed by atoms with Gasteiger partial charge in [-0.25, -0.2) is 9.37 Å². The number of hydrogen-bond acceptors (Lipinski definition) is 5. The molecule has 0 aliphatic rings. The molecule has 0 aliphatic heterocycles. The molecule has 0 saturated heterocycles. The Morgan fingerprint density at radius 1 is 1.44 bits per heavy atom. The highest BCUT2D eigenvalue weighted by Gasteiger charge is 2.10. The molecule has 0 unspecified atom stereocenters. The minimum absolute atomic E-state index is 0.227. The van der Waals surface area contributed by atoms with Crippen LogP contribution >= 0.6 is 23.1 Å². The summed E-state index contributed by atoms with van der Waals surface area (Å²) >= 11 is 7.28. The van der Waals surface area contributed by atoms with Gasteiger partial charge in [-0.3, -0.25) is 0 Å². The molecule has 2 heterocycles. The second-order valence-corrected chi connectivity index (χ2v) is 4.47. The van der Waals surface area contributed by atoms with E-state index < -0.39 is 0 Å². The van der Waals surface area contributed by atoms with Crippen LogP contribution in [0.3, 0.4) is 0 Å². The van der Waals surface area contributed by atoms with Gasteiger partial charge in [0, 0.05) is 11.4 Å². The number of benzene rings is 1. The summed E-state index contributed by atoms with van der Waals surface area (Å²) in [5.41, 5.74) is 1.53. The van der Waals surface area contributed by atoms with Gasteiger partial charge in [0.1, 0.15) is 16.4 Å². The summed E-state index contributed by atoms with van der Waals surface area (Å²) in [4.78, 5) is 4.16. The Hall–Kier alpha value is -1.79. The summed E-state index contributed by atoms with van der Waals surface area (Å²) in [6.07, 6.45) is 1.59. The fourth-order valence-corrected chi connectivity index (χ4v) is 2.03. The molecule has 0 N–H and O–H groups in total. The van der Waals surface area contributed by atoms with Crippen molar-refractivity contribution >= 4 is 45.3 Å². The molecule has 0 saturated carbocycles. The van der Waals surface area contributed by atoms with Crippen LogP contribution in [0.25, 0.3) is 22.2 Å². The fourth-order valence-electron chi connectivity index (χ4n) is 1.43. The molecule has 90 valence electrons. The highest BCUT2D eigenvalue weighted by Crippen LogP contribution is 2.25. The fraction of sp³-hybridized carbons (Fsp3) is 0. The first kappa shape index (κ1) is 11.3. The monoisotopic (exact) mass is 281 g/mol. The number of hydrogen-bond donors (Lipinski definition) is 0. The van der Waals surface area contributed by atoms with Gasteiger partial charge in [0.05, 0.1) is 5.69 Å². The third-order valence-corrected chi connectivity index (χ3v) is 3.00. The molecule has 3 aromatic rings. The van der Waals surface area contributed by atoms with E-state index >= 15 is 0 Å². The van der Waals surface area contributed by atoms with Crippen molar-refractivity contribution in [1.82, 2.24) is 14.6 Å². The zero-order valence-corrected chi connectivity index (χ0v) is 10.4. The van der Waals surface area contributed by atoms with Gasteiger partial charge >= 0.3 is 0 Å². The van der Waals surface area contributed by atoms with Crippen LogP contribution in [0.15, 0.2) is 28.0 Å². The van der Waals surface area contributed by atoms with Crippen LogP contribution in [-0.4, -0.2) is 14.6 Å². The number of fused-ring (bicyclic) bond motifs is 1. The molecule has 3 rings (SSSR count). The molecule has 4 nitrogen and oxygen atoms in total. The van der Waals surface area contributed by atoms with Crippen molar-refractivity contribution in [1.29, 1.82) is 0 Å². The summed E-state index contributed by atoms with van der Waals surface area (Å²) in [6.45, 7) is 0. The molecule has 1 aromatic carbocycles. The van der Waals surface area contributed by atoms with E-state index in [4.69, 9.17) is 16.0 Å². The van der Waals surface area contributed by atoms with Crippen LogP contribution in [0.1, 0.15) is 11.6 Å². The van der Waals surface area contributed by atoms with Crippen molar-refractivity contribution in [2.75, 3.05) is 0 Å². The lowest BCUT2D eigenvalue weighted by Gasteiger charge is -1.89. The SMILES string of the molecule is Fc1ccc2nc(C(Cl)=Cc3csnn3)oc2c1. The Labute approximate surface area is 110 Å². The first-order valence-electron chi connectivity index (χ1n) is 4.93. The molecule has 0 aliphatic carbocycles. The lowest BCUT2D eigenvalue weighted by molar-refractivity contribution is 0.579. The quantitative estimate of drug-likeness (QED) is 0.721. The second-order valence-electron chi connectivity index (χ2n) is 3.45. The van der Waals surface area contributed by atoms with E-state index in [-0.39, 0.29) is 11.7 Å². The van der Waals surface area contributed by atoms with Crippen molar-refractivity contribution in [2.45, 2.75) is 0 Å². The highest BCUT2D eigenvalue weighted by atomic mass is 35.5. The Bertz CT molecular complexity index is 723. The molecule has 0 amide bonds. The molecule has 18 heavy (non-hydrogen) atoms. The minimum atomic E-state index is -0.381. The van der Waals surface area contributed by atoms with Crippen LogP contribution in [-0.2, 0) is 0 Å². The molecule has 0 atom stereocenters. The van der Waals surface area contributed by atoms with E-state index in [9.17, 15) is 4.39 Å². The summed E-state index contributed by atoms with van der Waals surface area (Å²) in [7, 11) is 0. The number of halogens is 2. The van der Waals surface area contributed by atoms with Crippen LogP contribution in [0.2, 0.25) is 0 Å². The minimum Gasteiger partial charge on any atom is -0.435 e. The van der Waals surface area contributed by atoms with Gasteiger partial charge in [0.15, 0.2) is 5.58 Å². The lowest BCUT2D eigenvalue weighted by atomic mass is 10.3. The number of rotatable bonds is 2. The summed E-state index contributed by atoms with van der Waals surface area (Å²) in [5, 5.41) is 5.86. The van der Waals surface area contributed by atoms with Gasteiger partial charge in [0.25, 0.3) is 0 Å². The number of oxazole rings is 1. The molecule has 0 bridgehead atoms. The van der Waals surface area contributed by atoms with Gasteiger partial charge in [-0.2, -0.15) is 0 Å². The maximum atomic E-state index is 13.0. The number of aromatic nitrogens is 3. The Balaban J connectivity index is 2.04. The Morgan fingerprint density at radius 2 is 2.33 bits per heavy atom. The topological polar surface area (TPSA) is 51.8 Å². The smallest absolute Gasteiger partial charge is 0.239 e. The van der Waals surface area contributed by atoms with Crippen molar-refractivity contribution in [3.8, 4) is 0 Å². The summed E-state index contributed by atoms with van der Waals surface area (Å²) in [5.74, 6) is -0.153. The first-order valence-corrected chi connectivity index (χ1v) is 6.14. The Kier molecular flexibility index (Phi) is 2.81. The second kappa shape index (κ2) is 4.47. The van der Waals surface area contributed by atoms with Crippen LogP contribution in [0.4, 0.5) is 4.39 Å². The maximum Gasteiger partial charge on any atom is 0.239 e. The predicted molar refractivity (Wildman–Crippen MR) is 67.6 cm³/mol. The van der Waals surface area contributed by atoms with E-state index in [2.05, 4.69) is 14.6 Å². The highest BCUT2D eigenvalue weighted by molar-refractivity contribution is 7.03. The zero-order chi connectivity index (χ0) is 12.5. The average molecular weight is 282 g/mol. The molecule has 7 heteroatoms. The van der Waals surface area contributed by atoms with Crippen LogP contribution < -0.4 is 0 Å². The molecule has 0 spiro atoms. The van der Waals surface area contributed by atoms with E-state index in [1.807, 2.05) is 0 Å². The summed E-state index contributed by atoms with van der Waals surface area (Å²) < 4.78 is 22.1. The van der Waals surface area contributed by atoms with Gasteiger partial charge < -0.3 is 4.42 Å². The molecular weight excluding hydrogens is 277 g/mol. The zero-order valence-electron chi connectivity index (χ0n) is 8.80. The average Bonchev–Trinajstić information content (AvgIpc) is 2.96. The Morgan fingerprint density at radius 3 is 3.11 bits per heavy atom. The van der Waals surface area contributed by atoms with Crippen molar-refractivity contribution < 1.29 is 8.81 Å². The molecule has 2 aromatic heterocycles. The first-order chi connectivity index (χ1) is 8.72. The lowest BCUT2D eigenvalue weighted by Crippen LogP contribution is -1.77. The van der Waals surface area contributed by atoms with Crippen molar-refractivity contribution in [3.05, 3.63) is 41.0 Å². The van der Waals surface area contributed by atoms with Gasteiger partial charge in [-0.1, -0.05) is 16.1 Å². The third-order valence-electron chi connectivity index (χ3n) is 2.21. The van der Waals surface area contributed by atoms with Gasteiger partial charge in [-0.15, -0.1) is 5.10 Å². The van der Waals surface area contributed by atoms with E-state index in [1.54, 1.807) is 11.5 Å². The predicted octanol–water partition coefficient (Wildman–Crippen LogP) is 3.56. The normalized spacial score (nSPS) is 12.2. The number of nitrogens with zero attached hydrogens (tertiary/aromatic N) is 3.